The van der Waals surface area contributed by atoms with Gasteiger partial charge in [0.1, 0.15) is 11.4 Å². The molecule has 0 saturated carbocycles. The molecule has 2 N–H and O–H groups in total. The van der Waals surface area contributed by atoms with Crippen LogP contribution in [0.3, 0.4) is 0 Å². The molecular formula is C14H11N3O6. The Labute approximate surface area is 128 Å². The third kappa shape index (κ3) is 4.00. The first kappa shape index (κ1) is 15.9. The second-order valence-corrected chi connectivity index (χ2v) is 4.42. The summed E-state index contributed by atoms with van der Waals surface area (Å²) in [4.78, 5) is 47.5. The third-order valence-corrected chi connectivity index (χ3v) is 2.71. The van der Waals surface area contributed by atoms with E-state index in [4.69, 9.17) is 4.74 Å². The molecule has 0 spiro atoms. The molecule has 0 atom stereocenters. The van der Waals surface area contributed by atoms with Crippen LogP contribution in [0.4, 0.5) is 5.69 Å². The van der Waals surface area contributed by atoms with Crippen LogP contribution in [0.1, 0.15) is 18.2 Å². The van der Waals surface area contributed by atoms with Crippen molar-refractivity contribution in [1.82, 2.24) is 9.97 Å². The number of carbonyl (C=O) groups excluding carboxylic acids is 1. The molecule has 118 valence electrons. The SMILES string of the molecule is CC(=O)Oc1ccc(/C=C\c2[nH]c(=O)[nH]c(=O)c2[N+](=O)[O-])cc1. The number of aromatic nitrogens is 2. The van der Waals surface area contributed by atoms with Gasteiger partial charge in [-0.25, -0.2) is 4.79 Å². The number of benzene rings is 1. The Balaban J connectivity index is 2.33. The van der Waals surface area contributed by atoms with Gasteiger partial charge in [-0.2, -0.15) is 0 Å². The molecule has 1 aromatic heterocycles. The van der Waals surface area contributed by atoms with Crippen molar-refractivity contribution in [1.29, 1.82) is 0 Å². The normalized spacial score (nSPS) is 10.7. The van der Waals surface area contributed by atoms with Crippen LogP contribution < -0.4 is 16.0 Å². The molecule has 1 heterocycles. The summed E-state index contributed by atoms with van der Waals surface area (Å²) in [6.45, 7) is 1.27. The van der Waals surface area contributed by atoms with E-state index in [1.165, 1.54) is 31.2 Å². The Morgan fingerprint density at radius 2 is 1.83 bits per heavy atom. The van der Waals surface area contributed by atoms with E-state index in [0.29, 0.717) is 11.3 Å². The highest BCUT2D eigenvalue weighted by Gasteiger charge is 2.18. The highest BCUT2D eigenvalue weighted by atomic mass is 16.6. The lowest BCUT2D eigenvalue weighted by molar-refractivity contribution is -0.386. The van der Waals surface area contributed by atoms with Gasteiger partial charge < -0.3 is 9.72 Å². The van der Waals surface area contributed by atoms with Crippen molar-refractivity contribution < 1.29 is 14.5 Å². The van der Waals surface area contributed by atoms with E-state index in [9.17, 15) is 24.5 Å². The minimum atomic E-state index is -1.08. The van der Waals surface area contributed by atoms with E-state index in [-0.39, 0.29) is 5.69 Å². The molecule has 0 amide bonds. The zero-order chi connectivity index (χ0) is 17.0. The summed E-state index contributed by atoms with van der Waals surface area (Å²) >= 11 is 0. The van der Waals surface area contributed by atoms with E-state index in [2.05, 4.69) is 4.98 Å². The van der Waals surface area contributed by atoms with Crippen molar-refractivity contribution in [3.05, 3.63) is 66.5 Å². The summed E-state index contributed by atoms with van der Waals surface area (Å²) in [5, 5.41) is 10.9. The summed E-state index contributed by atoms with van der Waals surface area (Å²) in [5.41, 5.74) is -2.27. The van der Waals surface area contributed by atoms with Crippen molar-refractivity contribution in [2.24, 2.45) is 0 Å². The van der Waals surface area contributed by atoms with Gasteiger partial charge in [0.25, 0.3) is 0 Å². The van der Waals surface area contributed by atoms with Crippen molar-refractivity contribution >= 4 is 23.8 Å². The maximum atomic E-state index is 11.5. The van der Waals surface area contributed by atoms with E-state index in [1.54, 1.807) is 17.1 Å². The Kier molecular flexibility index (Phi) is 4.50. The summed E-state index contributed by atoms with van der Waals surface area (Å²) in [7, 11) is 0. The number of carbonyl (C=O) groups is 1. The summed E-state index contributed by atoms with van der Waals surface area (Å²) in [6.07, 6.45) is 2.71. The molecule has 0 unspecified atom stereocenters. The molecule has 0 bridgehead atoms. The fraction of sp³-hybridized carbons (Fsp3) is 0.0714. The number of H-pyrrole nitrogens is 2. The van der Waals surface area contributed by atoms with Crippen LogP contribution in [0, 0.1) is 10.1 Å². The van der Waals surface area contributed by atoms with E-state index < -0.39 is 27.8 Å². The monoisotopic (exact) mass is 317 g/mol. The topological polar surface area (TPSA) is 135 Å². The molecule has 2 rings (SSSR count). The summed E-state index contributed by atoms with van der Waals surface area (Å²) in [6, 6.07) is 6.28. The van der Waals surface area contributed by atoms with Crippen LogP contribution in [0.25, 0.3) is 12.2 Å². The molecule has 9 nitrogen and oxygen atoms in total. The first-order valence-electron chi connectivity index (χ1n) is 6.34. The smallest absolute Gasteiger partial charge is 0.357 e. The Hall–Kier alpha value is -3.49. The number of esters is 1. The number of hydrogen-bond acceptors (Lipinski definition) is 6. The van der Waals surface area contributed by atoms with Crippen LogP contribution in [-0.4, -0.2) is 20.9 Å². The number of aromatic amines is 2. The molecule has 2 aromatic rings. The van der Waals surface area contributed by atoms with Gasteiger partial charge in [-0.15, -0.1) is 0 Å². The zero-order valence-electron chi connectivity index (χ0n) is 11.9. The second-order valence-electron chi connectivity index (χ2n) is 4.42. The minimum Gasteiger partial charge on any atom is -0.427 e. The Morgan fingerprint density at radius 1 is 1.17 bits per heavy atom. The van der Waals surface area contributed by atoms with E-state index >= 15 is 0 Å². The largest absolute Gasteiger partial charge is 0.427 e. The third-order valence-electron chi connectivity index (χ3n) is 2.71. The summed E-state index contributed by atoms with van der Waals surface area (Å²) in [5.74, 6) is -0.102. The molecule has 0 aliphatic carbocycles. The molecule has 9 heteroatoms. The predicted molar refractivity (Wildman–Crippen MR) is 81.0 cm³/mol. The van der Waals surface area contributed by atoms with Gasteiger partial charge in [0.05, 0.1) is 4.92 Å². The van der Waals surface area contributed by atoms with Gasteiger partial charge in [-0.3, -0.25) is 24.7 Å². The lowest BCUT2D eigenvalue weighted by atomic mass is 10.2. The van der Waals surface area contributed by atoms with Gasteiger partial charge in [0, 0.05) is 6.92 Å². The molecule has 23 heavy (non-hydrogen) atoms. The molecule has 0 radical (unpaired) electrons. The number of nitrogens with zero attached hydrogens (tertiary/aromatic N) is 1. The summed E-state index contributed by atoms with van der Waals surface area (Å²) < 4.78 is 4.87. The standard InChI is InChI=1S/C14H11N3O6/c1-8(18)23-10-5-2-9(3-6-10)4-7-11-12(17(21)22)13(19)16-14(20)15-11/h2-7H,1H3,(H2,15,16,19,20)/b7-4-. The van der Waals surface area contributed by atoms with Gasteiger partial charge >= 0.3 is 22.9 Å². The first-order valence-corrected chi connectivity index (χ1v) is 6.34. The Bertz CT molecular complexity index is 892. The van der Waals surface area contributed by atoms with Gasteiger partial charge in [-0.05, 0) is 23.8 Å². The fourth-order valence-electron chi connectivity index (χ4n) is 1.79. The van der Waals surface area contributed by atoms with Gasteiger partial charge in [-0.1, -0.05) is 18.2 Å². The molecule has 0 fully saturated rings. The molecule has 0 saturated heterocycles. The maximum absolute atomic E-state index is 11.5. The van der Waals surface area contributed by atoms with E-state index in [0.717, 1.165) is 0 Å². The highest BCUT2D eigenvalue weighted by Crippen LogP contribution is 2.16. The minimum absolute atomic E-state index is 0.215. The average Bonchev–Trinajstić information content (AvgIpc) is 2.44. The number of hydrogen-bond donors (Lipinski definition) is 2. The highest BCUT2D eigenvalue weighted by molar-refractivity contribution is 5.72. The molecule has 0 aliphatic heterocycles. The van der Waals surface area contributed by atoms with Crippen LogP contribution in [0.5, 0.6) is 5.75 Å². The first-order chi connectivity index (χ1) is 10.9. The van der Waals surface area contributed by atoms with Crippen molar-refractivity contribution in [3.8, 4) is 5.75 Å². The van der Waals surface area contributed by atoms with Crippen LogP contribution in [0.15, 0.2) is 33.9 Å². The van der Waals surface area contributed by atoms with Crippen LogP contribution in [-0.2, 0) is 4.79 Å². The van der Waals surface area contributed by atoms with Crippen molar-refractivity contribution in [3.63, 3.8) is 0 Å². The number of rotatable bonds is 4. The number of nitro groups is 1. The molecule has 0 aliphatic rings. The van der Waals surface area contributed by atoms with Crippen LogP contribution >= 0.6 is 0 Å². The van der Waals surface area contributed by atoms with Gasteiger partial charge in [0.2, 0.25) is 0 Å². The lowest BCUT2D eigenvalue weighted by Crippen LogP contribution is -2.25. The predicted octanol–water partition coefficient (Wildman–Crippen LogP) is 1.07. The van der Waals surface area contributed by atoms with E-state index in [1.807, 2.05) is 0 Å². The van der Waals surface area contributed by atoms with Crippen LogP contribution in [0.2, 0.25) is 0 Å². The van der Waals surface area contributed by atoms with Crippen molar-refractivity contribution in [2.45, 2.75) is 6.92 Å². The Morgan fingerprint density at radius 3 is 2.39 bits per heavy atom. The molecule has 1 aromatic carbocycles. The second kappa shape index (κ2) is 6.52. The number of nitrogens with one attached hydrogen (secondary N) is 2. The molecular weight excluding hydrogens is 306 g/mol. The van der Waals surface area contributed by atoms with Gasteiger partial charge in [0.15, 0.2) is 0 Å². The van der Waals surface area contributed by atoms with Crippen molar-refractivity contribution in [2.75, 3.05) is 0 Å². The zero-order valence-corrected chi connectivity index (χ0v) is 11.9. The lowest BCUT2D eigenvalue weighted by Gasteiger charge is -2.01. The quantitative estimate of drug-likeness (QED) is 0.375. The number of ether oxygens (including phenoxy) is 1. The maximum Gasteiger partial charge on any atom is 0.357 e. The average molecular weight is 317 g/mol. The fourth-order valence-corrected chi connectivity index (χ4v) is 1.79.